The highest BCUT2D eigenvalue weighted by molar-refractivity contribution is 5.88. The first-order chi connectivity index (χ1) is 8.74. The summed E-state index contributed by atoms with van der Waals surface area (Å²) < 4.78 is 1.42. The van der Waals surface area contributed by atoms with Gasteiger partial charge in [-0.2, -0.15) is 10.1 Å². The van der Waals surface area contributed by atoms with Gasteiger partial charge in [0.2, 0.25) is 0 Å². The number of hydrogen-bond donors (Lipinski definition) is 2. The van der Waals surface area contributed by atoms with E-state index in [9.17, 15) is 4.79 Å². The molecule has 0 fully saturated rings. The number of para-hydroxylation sites is 1. The molecule has 0 aliphatic heterocycles. The maximum absolute atomic E-state index is 11.4. The van der Waals surface area contributed by atoms with E-state index in [0.717, 1.165) is 11.1 Å². The Hall–Kier alpha value is -2.63. The second kappa shape index (κ2) is 3.99. The Labute approximate surface area is 102 Å². The van der Waals surface area contributed by atoms with Gasteiger partial charge < -0.3 is 9.88 Å². The van der Waals surface area contributed by atoms with Crippen LogP contribution in [-0.2, 0) is 7.05 Å². The molecule has 6 nitrogen and oxygen atoms in total. The molecule has 6 heteroatoms. The lowest BCUT2D eigenvalue weighted by Crippen LogP contribution is -2.18. The molecule has 90 valence electrons. The normalized spacial score (nSPS) is 10.7. The van der Waals surface area contributed by atoms with Crippen LogP contribution in [0.25, 0.3) is 11.0 Å². The molecule has 1 aromatic carbocycles. The molecular weight excluding hydrogens is 230 g/mol. The van der Waals surface area contributed by atoms with Gasteiger partial charge in [-0.1, -0.05) is 18.2 Å². The summed E-state index contributed by atoms with van der Waals surface area (Å²) in [7, 11) is 1.66. The van der Waals surface area contributed by atoms with Crippen LogP contribution in [-0.4, -0.2) is 19.7 Å². The molecule has 0 saturated heterocycles. The molecule has 2 heterocycles. The molecule has 0 aliphatic rings. The zero-order valence-corrected chi connectivity index (χ0v) is 9.71. The van der Waals surface area contributed by atoms with E-state index in [0.29, 0.717) is 11.5 Å². The van der Waals surface area contributed by atoms with Crippen molar-refractivity contribution < 1.29 is 0 Å². The van der Waals surface area contributed by atoms with Gasteiger partial charge in [0.05, 0.1) is 5.39 Å². The van der Waals surface area contributed by atoms with Crippen molar-refractivity contribution in [2.75, 3.05) is 5.32 Å². The van der Waals surface area contributed by atoms with Gasteiger partial charge in [-0.3, -0.25) is 5.10 Å². The standard InChI is InChI=1S/C12H11N5O/c1-17-7-9-10(13-8-5-3-2-4-6-8)15-16-11(9)14-12(17)18/h2-7H,1H3,(H,13,15)(H,14,16,18). The lowest BCUT2D eigenvalue weighted by Gasteiger charge is -2.02. The van der Waals surface area contributed by atoms with Gasteiger partial charge in [0.25, 0.3) is 0 Å². The van der Waals surface area contributed by atoms with Crippen molar-refractivity contribution in [3.05, 3.63) is 47.0 Å². The minimum atomic E-state index is -0.308. The zero-order valence-electron chi connectivity index (χ0n) is 9.71. The molecule has 0 amide bonds. The SMILES string of the molecule is Cn1cc2c(Nc3ccccc3)n[nH]c2nc1=O. The van der Waals surface area contributed by atoms with Crippen LogP contribution in [0.4, 0.5) is 11.5 Å². The molecule has 0 aliphatic carbocycles. The topological polar surface area (TPSA) is 75.6 Å². The van der Waals surface area contributed by atoms with Crippen LogP contribution in [0.3, 0.4) is 0 Å². The number of nitrogens with one attached hydrogen (secondary N) is 2. The molecule has 2 aromatic heterocycles. The smallest absolute Gasteiger partial charge is 0.338 e. The predicted octanol–water partition coefficient (Wildman–Crippen LogP) is 1.40. The van der Waals surface area contributed by atoms with Crippen LogP contribution >= 0.6 is 0 Å². The van der Waals surface area contributed by atoms with Crippen LogP contribution in [0.15, 0.2) is 41.3 Å². The molecule has 0 unspecified atom stereocenters. The number of aromatic amines is 1. The predicted molar refractivity (Wildman–Crippen MR) is 68.9 cm³/mol. The molecule has 2 N–H and O–H groups in total. The lowest BCUT2D eigenvalue weighted by atomic mass is 10.3. The van der Waals surface area contributed by atoms with Crippen molar-refractivity contribution in [3.8, 4) is 0 Å². The Morgan fingerprint density at radius 1 is 1.28 bits per heavy atom. The highest BCUT2D eigenvalue weighted by Gasteiger charge is 2.08. The average Bonchev–Trinajstić information content (AvgIpc) is 2.74. The van der Waals surface area contributed by atoms with E-state index in [1.54, 1.807) is 13.2 Å². The molecule has 3 rings (SSSR count). The second-order valence-electron chi connectivity index (χ2n) is 3.96. The van der Waals surface area contributed by atoms with Gasteiger partial charge in [-0.15, -0.1) is 0 Å². The number of benzene rings is 1. The third-order valence-corrected chi connectivity index (χ3v) is 2.65. The third kappa shape index (κ3) is 1.73. The number of fused-ring (bicyclic) bond motifs is 1. The Morgan fingerprint density at radius 2 is 2.06 bits per heavy atom. The van der Waals surface area contributed by atoms with Crippen LogP contribution in [0.1, 0.15) is 0 Å². The third-order valence-electron chi connectivity index (χ3n) is 2.65. The van der Waals surface area contributed by atoms with Crippen molar-refractivity contribution in [1.82, 2.24) is 19.7 Å². The Balaban J connectivity index is 2.08. The number of rotatable bonds is 2. The summed E-state index contributed by atoms with van der Waals surface area (Å²) in [6.07, 6.45) is 1.71. The van der Waals surface area contributed by atoms with Gasteiger partial charge in [0.15, 0.2) is 11.5 Å². The van der Waals surface area contributed by atoms with Gasteiger partial charge >= 0.3 is 5.69 Å². The fourth-order valence-corrected chi connectivity index (χ4v) is 1.73. The first kappa shape index (κ1) is 10.5. The number of hydrogen-bond acceptors (Lipinski definition) is 4. The van der Waals surface area contributed by atoms with Gasteiger partial charge in [-0.25, -0.2) is 4.79 Å². The molecular formula is C12H11N5O. The number of nitrogens with zero attached hydrogens (tertiary/aromatic N) is 3. The summed E-state index contributed by atoms with van der Waals surface area (Å²) in [5.74, 6) is 0.652. The summed E-state index contributed by atoms with van der Waals surface area (Å²) in [5.41, 5.74) is 1.11. The summed E-state index contributed by atoms with van der Waals surface area (Å²) in [6.45, 7) is 0. The number of anilines is 2. The maximum Gasteiger partial charge on any atom is 0.349 e. The van der Waals surface area contributed by atoms with Gasteiger partial charge in [0.1, 0.15) is 0 Å². The second-order valence-corrected chi connectivity index (χ2v) is 3.96. The number of H-pyrrole nitrogens is 1. The quantitative estimate of drug-likeness (QED) is 0.711. The van der Waals surface area contributed by atoms with Crippen molar-refractivity contribution in [2.45, 2.75) is 0 Å². The zero-order chi connectivity index (χ0) is 12.5. The van der Waals surface area contributed by atoms with Crippen molar-refractivity contribution in [2.24, 2.45) is 7.05 Å². The van der Waals surface area contributed by atoms with Crippen molar-refractivity contribution in [1.29, 1.82) is 0 Å². The van der Waals surface area contributed by atoms with Crippen LogP contribution in [0.2, 0.25) is 0 Å². The van der Waals surface area contributed by atoms with Crippen molar-refractivity contribution in [3.63, 3.8) is 0 Å². The molecule has 0 atom stereocenters. The Morgan fingerprint density at radius 3 is 2.83 bits per heavy atom. The van der Waals surface area contributed by atoms with Crippen LogP contribution in [0.5, 0.6) is 0 Å². The number of aryl methyl sites for hydroxylation is 1. The lowest BCUT2D eigenvalue weighted by molar-refractivity contribution is 0.824. The summed E-state index contributed by atoms with van der Waals surface area (Å²) in [6, 6.07) is 9.70. The minimum Gasteiger partial charge on any atom is -0.338 e. The van der Waals surface area contributed by atoms with E-state index in [4.69, 9.17) is 0 Å². The molecule has 0 radical (unpaired) electrons. The molecule has 0 spiro atoms. The average molecular weight is 241 g/mol. The largest absolute Gasteiger partial charge is 0.349 e. The van der Waals surface area contributed by atoms with E-state index < -0.39 is 0 Å². The Bertz CT molecular complexity index is 744. The minimum absolute atomic E-state index is 0.308. The van der Waals surface area contributed by atoms with E-state index in [1.807, 2.05) is 30.3 Å². The molecule has 18 heavy (non-hydrogen) atoms. The maximum atomic E-state index is 11.4. The van der Waals surface area contributed by atoms with Gasteiger partial charge in [-0.05, 0) is 12.1 Å². The highest BCUT2D eigenvalue weighted by Crippen LogP contribution is 2.21. The van der Waals surface area contributed by atoms with Gasteiger partial charge in [0, 0.05) is 18.9 Å². The first-order valence-electron chi connectivity index (χ1n) is 5.48. The fraction of sp³-hybridized carbons (Fsp3) is 0.0833. The summed E-state index contributed by atoms with van der Waals surface area (Å²) >= 11 is 0. The van der Waals surface area contributed by atoms with Crippen LogP contribution in [0, 0.1) is 0 Å². The van der Waals surface area contributed by atoms with E-state index >= 15 is 0 Å². The molecule has 3 aromatic rings. The molecule has 0 bridgehead atoms. The van der Waals surface area contributed by atoms with E-state index in [-0.39, 0.29) is 5.69 Å². The Kier molecular flexibility index (Phi) is 2.33. The highest BCUT2D eigenvalue weighted by atomic mass is 16.1. The first-order valence-corrected chi connectivity index (χ1v) is 5.48. The summed E-state index contributed by atoms with van der Waals surface area (Å²) in [5, 5.41) is 10.8. The summed E-state index contributed by atoms with van der Waals surface area (Å²) in [4.78, 5) is 15.3. The van der Waals surface area contributed by atoms with E-state index in [1.165, 1.54) is 4.57 Å². The van der Waals surface area contributed by atoms with Crippen molar-refractivity contribution >= 4 is 22.5 Å². The van der Waals surface area contributed by atoms with Crippen LogP contribution < -0.4 is 11.0 Å². The molecule has 0 saturated carbocycles. The fourth-order valence-electron chi connectivity index (χ4n) is 1.73. The monoisotopic (exact) mass is 241 g/mol. The number of aromatic nitrogens is 4. The van der Waals surface area contributed by atoms with E-state index in [2.05, 4.69) is 20.5 Å².